The van der Waals surface area contributed by atoms with Crippen LogP contribution >= 0.6 is 0 Å². The lowest BCUT2D eigenvalue weighted by Gasteiger charge is -2.29. The summed E-state index contributed by atoms with van der Waals surface area (Å²) in [6, 6.07) is 2.50. The molecule has 12 heteroatoms. The second-order valence-electron chi connectivity index (χ2n) is 7.44. The predicted molar refractivity (Wildman–Crippen MR) is 109 cm³/mol. The van der Waals surface area contributed by atoms with Crippen LogP contribution in [0, 0.1) is 0 Å². The van der Waals surface area contributed by atoms with E-state index < -0.39 is 60.8 Å². The Morgan fingerprint density at radius 2 is 1.75 bits per heavy atom. The van der Waals surface area contributed by atoms with Crippen molar-refractivity contribution in [2.45, 2.75) is 43.8 Å². The van der Waals surface area contributed by atoms with Gasteiger partial charge < -0.3 is 36.6 Å². The summed E-state index contributed by atoms with van der Waals surface area (Å²) >= 11 is 0. The van der Waals surface area contributed by atoms with Gasteiger partial charge in [-0.05, 0) is 30.5 Å². The fourth-order valence-corrected chi connectivity index (χ4v) is 3.41. The normalized spacial score (nSPS) is 17.3. The molecule has 174 valence electrons. The lowest BCUT2D eigenvalue weighted by Crippen LogP contribution is -2.56. The van der Waals surface area contributed by atoms with Crippen molar-refractivity contribution in [1.82, 2.24) is 15.5 Å². The molecule has 1 saturated heterocycles. The molecule has 2 rings (SSSR count). The molecule has 0 aliphatic carbocycles. The summed E-state index contributed by atoms with van der Waals surface area (Å²) in [6.07, 6.45) is 0.214. The van der Waals surface area contributed by atoms with Crippen molar-refractivity contribution in [3.8, 4) is 5.75 Å². The van der Waals surface area contributed by atoms with Crippen LogP contribution in [0.4, 0.5) is 0 Å². The van der Waals surface area contributed by atoms with Gasteiger partial charge in [0.25, 0.3) is 0 Å². The molecule has 1 aromatic carbocycles. The minimum Gasteiger partial charge on any atom is -0.508 e. The van der Waals surface area contributed by atoms with Gasteiger partial charge in [0.15, 0.2) is 0 Å². The number of carbonyl (C=O) groups excluding carboxylic acids is 3. The molecule has 1 aromatic rings. The minimum atomic E-state index is -1.38. The van der Waals surface area contributed by atoms with Gasteiger partial charge in [-0.3, -0.25) is 24.0 Å². The van der Waals surface area contributed by atoms with Crippen LogP contribution in [0.25, 0.3) is 0 Å². The molecular formula is C20H26N4O8. The van der Waals surface area contributed by atoms with Gasteiger partial charge in [-0.15, -0.1) is 0 Å². The van der Waals surface area contributed by atoms with Gasteiger partial charge >= 0.3 is 11.9 Å². The molecule has 0 aromatic heterocycles. The molecule has 0 radical (unpaired) electrons. The van der Waals surface area contributed by atoms with Gasteiger partial charge in [0, 0.05) is 13.0 Å². The number of carboxylic acid groups (broad SMARTS) is 2. The highest BCUT2D eigenvalue weighted by Gasteiger charge is 2.38. The zero-order valence-corrected chi connectivity index (χ0v) is 17.2. The van der Waals surface area contributed by atoms with Gasteiger partial charge in [0.2, 0.25) is 17.7 Å². The molecule has 3 atom stereocenters. The van der Waals surface area contributed by atoms with E-state index in [0.717, 1.165) is 0 Å². The highest BCUT2D eigenvalue weighted by molar-refractivity contribution is 5.95. The number of rotatable bonds is 10. The molecule has 0 bridgehead atoms. The smallest absolute Gasteiger partial charge is 0.322 e. The summed E-state index contributed by atoms with van der Waals surface area (Å²) < 4.78 is 0. The van der Waals surface area contributed by atoms with Gasteiger partial charge in [0.05, 0.1) is 12.5 Å². The van der Waals surface area contributed by atoms with Crippen LogP contribution in [0.5, 0.6) is 5.75 Å². The van der Waals surface area contributed by atoms with Crippen LogP contribution in [0.1, 0.15) is 24.8 Å². The van der Waals surface area contributed by atoms with Crippen molar-refractivity contribution in [2.75, 3.05) is 13.1 Å². The maximum Gasteiger partial charge on any atom is 0.322 e. The van der Waals surface area contributed by atoms with Crippen molar-refractivity contribution >= 4 is 29.7 Å². The highest BCUT2D eigenvalue weighted by Crippen LogP contribution is 2.20. The van der Waals surface area contributed by atoms with Crippen LogP contribution in [0.3, 0.4) is 0 Å². The summed E-state index contributed by atoms with van der Waals surface area (Å²) in [5.74, 6) is -4.52. The molecule has 1 aliphatic rings. The Morgan fingerprint density at radius 3 is 2.34 bits per heavy atom. The molecule has 1 fully saturated rings. The average molecular weight is 450 g/mol. The summed E-state index contributed by atoms with van der Waals surface area (Å²) in [4.78, 5) is 60.8. The molecule has 1 heterocycles. The Labute approximate surface area is 183 Å². The Bertz CT molecular complexity index is 873. The van der Waals surface area contributed by atoms with Crippen molar-refractivity contribution in [2.24, 2.45) is 5.73 Å². The Morgan fingerprint density at radius 1 is 1.09 bits per heavy atom. The summed E-state index contributed by atoms with van der Waals surface area (Å²) in [6.45, 7) is -0.359. The second kappa shape index (κ2) is 11.1. The van der Waals surface area contributed by atoms with E-state index >= 15 is 0 Å². The number of likely N-dealkylation sites (tertiary alicyclic amines) is 1. The number of aromatic hydroxyl groups is 1. The molecule has 0 spiro atoms. The maximum absolute atomic E-state index is 13.3. The number of hydrogen-bond acceptors (Lipinski definition) is 7. The van der Waals surface area contributed by atoms with Crippen molar-refractivity contribution in [3.63, 3.8) is 0 Å². The van der Waals surface area contributed by atoms with E-state index in [0.29, 0.717) is 18.4 Å². The summed E-state index contributed by atoms with van der Waals surface area (Å²) in [7, 11) is 0. The number of nitrogens with zero attached hydrogens (tertiary/aromatic N) is 1. The van der Waals surface area contributed by atoms with Crippen molar-refractivity contribution < 1.29 is 39.3 Å². The number of phenolic OH excluding ortho intramolecular Hbond substituents is 1. The largest absolute Gasteiger partial charge is 0.508 e. The van der Waals surface area contributed by atoms with Gasteiger partial charge in [-0.1, -0.05) is 12.1 Å². The standard InChI is InChI=1S/C20H26N4O8/c21-13(9-16(26)27)18(30)23-14(8-11-3-5-12(25)6-4-11)20(32)24-7-1-2-15(24)19(31)22-10-17(28)29/h3-6,13-15,25H,1-2,7-10,21H2,(H,22,31)(H,23,30)(H,26,27)(H,28,29). The Balaban J connectivity index is 2.20. The lowest BCUT2D eigenvalue weighted by molar-refractivity contribution is -0.143. The molecule has 7 N–H and O–H groups in total. The molecule has 3 unspecified atom stereocenters. The van der Waals surface area contributed by atoms with Crippen molar-refractivity contribution in [1.29, 1.82) is 0 Å². The topological polar surface area (TPSA) is 199 Å². The van der Waals surface area contributed by atoms with E-state index in [-0.39, 0.29) is 18.7 Å². The number of carboxylic acids is 2. The van der Waals surface area contributed by atoms with Gasteiger partial charge in [0.1, 0.15) is 24.4 Å². The zero-order valence-electron chi connectivity index (χ0n) is 17.2. The molecular weight excluding hydrogens is 424 g/mol. The summed E-state index contributed by atoms with van der Waals surface area (Å²) in [5, 5.41) is 31.8. The highest BCUT2D eigenvalue weighted by atomic mass is 16.4. The van der Waals surface area contributed by atoms with Crippen LogP contribution in [-0.2, 0) is 30.4 Å². The number of hydrogen-bond donors (Lipinski definition) is 6. The predicted octanol–water partition coefficient (Wildman–Crippen LogP) is -1.59. The van der Waals surface area contributed by atoms with E-state index in [4.69, 9.17) is 15.9 Å². The van der Waals surface area contributed by atoms with E-state index in [9.17, 15) is 29.1 Å². The molecule has 1 aliphatic heterocycles. The monoisotopic (exact) mass is 450 g/mol. The van der Waals surface area contributed by atoms with Crippen LogP contribution in [-0.4, -0.2) is 81.1 Å². The molecule has 3 amide bonds. The maximum atomic E-state index is 13.3. The third-order valence-electron chi connectivity index (χ3n) is 4.97. The lowest BCUT2D eigenvalue weighted by atomic mass is 10.0. The minimum absolute atomic E-state index is 0.00457. The first kappa shape index (κ1) is 24.6. The van der Waals surface area contributed by atoms with Crippen LogP contribution < -0.4 is 16.4 Å². The van der Waals surface area contributed by atoms with Crippen LogP contribution in [0.15, 0.2) is 24.3 Å². The van der Waals surface area contributed by atoms with E-state index in [1.165, 1.54) is 17.0 Å². The fourth-order valence-electron chi connectivity index (χ4n) is 3.41. The third kappa shape index (κ3) is 6.94. The number of carbonyl (C=O) groups is 5. The number of amides is 3. The molecule has 32 heavy (non-hydrogen) atoms. The quantitative estimate of drug-likeness (QED) is 0.243. The van der Waals surface area contributed by atoms with Crippen molar-refractivity contribution in [3.05, 3.63) is 29.8 Å². The first-order valence-electron chi connectivity index (χ1n) is 9.94. The molecule has 12 nitrogen and oxygen atoms in total. The van der Waals surface area contributed by atoms with E-state index in [1.807, 2.05) is 0 Å². The number of nitrogens with two attached hydrogens (primary N) is 1. The first-order valence-corrected chi connectivity index (χ1v) is 9.94. The first-order chi connectivity index (χ1) is 15.1. The van der Waals surface area contributed by atoms with Crippen LogP contribution in [0.2, 0.25) is 0 Å². The SMILES string of the molecule is NC(CC(=O)O)C(=O)NC(Cc1ccc(O)cc1)C(=O)N1CCCC1C(=O)NCC(=O)O. The zero-order chi connectivity index (χ0) is 23.8. The molecule has 0 saturated carbocycles. The second-order valence-corrected chi connectivity index (χ2v) is 7.44. The number of nitrogens with one attached hydrogen (secondary N) is 2. The Kier molecular flexibility index (Phi) is 8.53. The van der Waals surface area contributed by atoms with E-state index in [1.54, 1.807) is 12.1 Å². The number of aliphatic carboxylic acids is 2. The average Bonchev–Trinajstić information content (AvgIpc) is 3.21. The third-order valence-corrected chi connectivity index (χ3v) is 4.97. The van der Waals surface area contributed by atoms with Gasteiger partial charge in [-0.25, -0.2) is 0 Å². The number of phenols is 1. The van der Waals surface area contributed by atoms with E-state index in [2.05, 4.69) is 10.6 Å². The fraction of sp³-hybridized carbons (Fsp3) is 0.450. The Hall–Kier alpha value is -3.67. The van der Waals surface area contributed by atoms with Gasteiger partial charge in [-0.2, -0.15) is 0 Å². The number of benzene rings is 1. The summed E-state index contributed by atoms with van der Waals surface area (Å²) in [5.41, 5.74) is 6.20.